The third-order valence-corrected chi connectivity index (χ3v) is 6.54. The molecule has 1 aliphatic heterocycles. The van der Waals surface area contributed by atoms with Crippen LogP contribution in [0.25, 0.3) is 0 Å². The normalized spacial score (nSPS) is 18.9. The van der Waals surface area contributed by atoms with Crippen molar-refractivity contribution >= 4 is 33.6 Å². The fourth-order valence-corrected chi connectivity index (χ4v) is 4.40. The van der Waals surface area contributed by atoms with Crippen LogP contribution in [0.5, 0.6) is 0 Å². The Morgan fingerprint density at radius 3 is 2.43 bits per heavy atom. The van der Waals surface area contributed by atoms with Crippen LogP contribution in [-0.4, -0.2) is 72.4 Å². The lowest BCUT2D eigenvalue weighted by Crippen LogP contribution is -2.46. The molecule has 1 aromatic carbocycles. The summed E-state index contributed by atoms with van der Waals surface area (Å²) in [6, 6.07) is 6.32. The molecule has 1 heterocycles. The number of rotatable bonds is 7. The summed E-state index contributed by atoms with van der Waals surface area (Å²) in [6.07, 6.45) is 0.602. The van der Waals surface area contributed by atoms with E-state index in [0.717, 1.165) is 16.9 Å². The summed E-state index contributed by atoms with van der Waals surface area (Å²) >= 11 is 0. The van der Waals surface area contributed by atoms with Gasteiger partial charge >= 0.3 is 10.2 Å². The van der Waals surface area contributed by atoms with E-state index in [1.807, 2.05) is 26.0 Å². The lowest BCUT2D eigenvalue weighted by molar-refractivity contribution is -0.135. The highest BCUT2D eigenvalue weighted by Gasteiger charge is 2.47. The van der Waals surface area contributed by atoms with Crippen LogP contribution in [0.3, 0.4) is 0 Å². The van der Waals surface area contributed by atoms with Gasteiger partial charge in [0.1, 0.15) is 6.04 Å². The van der Waals surface area contributed by atoms with E-state index in [1.165, 1.54) is 11.8 Å². The molecule has 2 rings (SSSR count). The fraction of sp³-hybridized carbons (Fsp3) is 0.500. The summed E-state index contributed by atoms with van der Waals surface area (Å²) in [5.74, 6) is -1.49. The number of nitrogens with one attached hydrogen (secondary N) is 1. The maximum absolute atomic E-state index is 12.7. The van der Waals surface area contributed by atoms with Gasteiger partial charge in [-0.3, -0.25) is 14.4 Å². The highest BCUT2D eigenvalue weighted by Crippen LogP contribution is 2.22. The number of amides is 3. The molecule has 10 heteroatoms. The van der Waals surface area contributed by atoms with Gasteiger partial charge in [-0.25, -0.2) is 4.31 Å². The molecule has 9 nitrogen and oxygen atoms in total. The molecule has 154 valence electrons. The monoisotopic (exact) mass is 410 g/mol. The third-order valence-electron chi connectivity index (χ3n) is 4.63. The average Bonchev–Trinajstić information content (AvgIpc) is 2.78. The van der Waals surface area contributed by atoms with Crippen LogP contribution < -0.4 is 5.32 Å². The van der Waals surface area contributed by atoms with Crippen molar-refractivity contribution in [3.63, 3.8) is 0 Å². The molecule has 28 heavy (non-hydrogen) atoms. The first kappa shape index (κ1) is 21.8. The van der Waals surface area contributed by atoms with Gasteiger partial charge in [-0.2, -0.15) is 12.7 Å². The number of aryl methyl sites for hydroxylation is 1. The van der Waals surface area contributed by atoms with E-state index in [1.54, 1.807) is 12.1 Å². The first-order valence-corrected chi connectivity index (χ1v) is 10.4. The number of anilines is 1. The first-order chi connectivity index (χ1) is 13.1. The fourth-order valence-electron chi connectivity index (χ4n) is 2.95. The topological polar surface area (TPSA) is 107 Å². The van der Waals surface area contributed by atoms with Gasteiger partial charge in [0.05, 0.1) is 13.1 Å². The number of hydrogen-bond acceptors (Lipinski definition) is 5. The predicted molar refractivity (Wildman–Crippen MR) is 105 cm³/mol. The lowest BCUT2D eigenvalue weighted by atomic mass is 10.2. The van der Waals surface area contributed by atoms with Crippen LogP contribution in [0.1, 0.15) is 25.8 Å². The molecule has 0 bridgehead atoms. The van der Waals surface area contributed by atoms with Crippen molar-refractivity contribution < 1.29 is 22.8 Å². The van der Waals surface area contributed by atoms with E-state index < -0.39 is 34.6 Å². The first-order valence-electron chi connectivity index (χ1n) is 9.02. The number of likely N-dealkylation sites (N-methyl/N-ethyl adjacent to an activating group) is 1. The maximum atomic E-state index is 12.7. The number of benzene rings is 1. The average molecular weight is 410 g/mol. The van der Waals surface area contributed by atoms with Crippen LogP contribution in [-0.2, 0) is 24.6 Å². The molecule has 0 aromatic heterocycles. The summed E-state index contributed by atoms with van der Waals surface area (Å²) in [5.41, 5.74) is 1.54. The van der Waals surface area contributed by atoms with Gasteiger partial charge in [0.15, 0.2) is 0 Å². The molecule has 0 saturated carbocycles. The molecule has 1 N–H and O–H groups in total. The SMILES string of the molecule is CCCN(CC(=O)Nc1ccccc1C)C(=O)CN1[C@@H](C)C(=O)N(C)S1(=O)=O. The lowest BCUT2D eigenvalue weighted by Gasteiger charge is -2.25. The van der Waals surface area contributed by atoms with Gasteiger partial charge in [-0.15, -0.1) is 0 Å². The summed E-state index contributed by atoms with van der Waals surface area (Å²) in [6.45, 7) is 4.76. The second-order valence-corrected chi connectivity index (χ2v) is 8.63. The Bertz CT molecular complexity index is 870. The van der Waals surface area contributed by atoms with Crippen LogP contribution in [0.2, 0.25) is 0 Å². The van der Waals surface area contributed by atoms with E-state index >= 15 is 0 Å². The van der Waals surface area contributed by atoms with Crippen LogP contribution in [0, 0.1) is 6.92 Å². The standard InChI is InChI=1S/C18H26N4O5S/c1-5-10-21(11-16(23)19-15-9-7-6-8-13(15)2)17(24)12-22-14(3)18(25)20(4)28(22,26)27/h6-9,14H,5,10-12H2,1-4H3,(H,19,23)/t14-/m0/s1. The molecule has 1 atom stereocenters. The molecule has 1 fully saturated rings. The Morgan fingerprint density at radius 1 is 1.25 bits per heavy atom. The minimum atomic E-state index is -4.02. The second-order valence-electron chi connectivity index (χ2n) is 6.71. The Morgan fingerprint density at radius 2 is 1.89 bits per heavy atom. The van der Waals surface area contributed by atoms with E-state index in [2.05, 4.69) is 5.32 Å². The van der Waals surface area contributed by atoms with Gasteiger partial charge < -0.3 is 10.2 Å². The zero-order valence-corrected chi connectivity index (χ0v) is 17.3. The van der Waals surface area contributed by atoms with Crippen LogP contribution in [0.4, 0.5) is 5.69 Å². The highest BCUT2D eigenvalue weighted by atomic mass is 32.2. The minimum absolute atomic E-state index is 0.201. The highest BCUT2D eigenvalue weighted by molar-refractivity contribution is 7.87. The molecule has 0 unspecified atom stereocenters. The molecule has 0 aliphatic carbocycles. The summed E-state index contributed by atoms with van der Waals surface area (Å²) in [4.78, 5) is 38.3. The van der Waals surface area contributed by atoms with Gasteiger partial charge in [-0.05, 0) is 31.9 Å². The van der Waals surface area contributed by atoms with Crippen molar-refractivity contribution in [3.8, 4) is 0 Å². The summed E-state index contributed by atoms with van der Waals surface area (Å²) in [7, 11) is -2.86. The third kappa shape index (κ3) is 4.50. The number of carbonyl (C=O) groups is 3. The van der Waals surface area contributed by atoms with Crippen molar-refractivity contribution in [1.29, 1.82) is 0 Å². The summed E-state index contributed by atoms with van der Waals surface area (Å²) < 4.78 is 26.1. The van der Waals surface area contributed by atoms with E-state index in [9.17, 15) is 22.8 Å². The van der Waals surface area contributed by atoms with Gasteiger partial charge in [0.2, 0.25) is 11.8 Å². The zero-order chi connectivity index (χ0) is 21.1. The van der Waals surface area contributed by atoms with Gasteiger partial charge in [0.25, 0.3) is 5.91 Å². The molecule has 1 saturated heterocycles. The summed E-state index contributed by atoms with van der Waals surface area (Å²) in [5, 5.41) is 2.76. The quantitative estimate of drug-likeness (QED) is 0.708. The van der Waals surface area contributed by atoms with Gasteiger partial charge in [0, 0.05) is 19.3 Å². The van der Waals surface area contributed by atoms with E-state index in [4.69, 9.17) is 0 Å². The maximum Gasteiger partial charge on any atom is 0.307 e. The molecule has 0 radical (unpaired) electrons. The smallest absolute Gasteiger partial charge is 0.307 e. The van der Waals surface area contributed by atoms with E-state index in [0.29, 0.717) is 23.0 Å². The largest absolute Gasteiger partial charge is 0.332 e. The Hall–Kier alpha value is -2.46. The number of hydrogen-bond donors (Lipinski definition) is 1. The van der Waals surface area contributed by atoms with Crippen LogP contribution >= 0.6 is 0 Å². The number of carbonyl (C=O) groups excluding carboxylic acids is 3. The Labute approximate surface area is 165 Å². The molecule has 1 aromatic rings. The second kappa shape index (κ2) is 8.70. The zero-order valence-electron chi connectivity index (χ0n) is 16.5. The Balaban J connectivity index is 2.08. The number of nitrogens with zero attached hydrogens (tertiary/aromatic N) is 3. The number of para-hydroxylation sites is 1. The predicted octanol–water partition coefficient (Wildman–Crippen LogP) is 0.579. The van der Waals surface area contributed by atoms with Crippen LogP contribution in [0.15, 0.2) is 24.3 Å². The van der Waals surface area contributed by atoms with Crippen molar-refractivity contribution in [1.82, 2.24) is 13.5 Å². The molecule has 1 aliphatic rings. The molecular weight excluding hydrogens is 384 g/mol. The Kier molecular flexibility index (Phi) is 6.78. The molecule has 0 spiro atoms. The van der Waals surface area contributed by atoms with Crippen molar-refractivity contribution in [2.75, 3.05) is 32.0 Å². The van der Waals surface area contributed by atoms with Crippen molar-refractivity contribution in [2.45, 2.75) is 33.2 Å². The van der Waals surface area contributed by atoms with Gasteiger partial charge in [-0.1, -0.05) is 25.1 Å². The van der Waals surface area contributed by atoms with Crippen molar-refractivity contribution in [3.05, 3.63) is 29.8 Å². The minimum Gasteiger partial charge on any atom is -0.332 e. The molecule has 3 amide bonds. The van der Waals surface area contributed by atoms with Crippen molar-refractivity contribution in [2.24, 2.45) is 0 Å². The molecular formula is C18H26N4O5S. The van der Waals surface area contributed by atoms with E-state index in [-0.39, 0.29) is 12.5 Å².